The largest absolute Gasteiger partial charge is 0.343 e. The van der Waals surface area contributed by atoms with E-state index in [2.05, 4.69) is 20.1 Å². The van der Waals surface area contributed by atoms with Gasteiger partial charge in [-0.2, -0.15) is 0 Å². The average molecular weight is 424 g/mol. The van der Waals surface area contributed by atoms with Crippen molar-refractivity contribution in [1.82, 2.24) is 24.5 Å². The lowest BCUT2D eigenvalue weighted by atomic mass is 10.0. The van der Waals surface area contributed by atoms with Crippen molar-refractivity contribution in [3.05, 3.63) is 71.6 Å². The van der Waals surface area contributed by atoms with E-state index in [9.17, 15) is 9.18 Å². The van der Waals surface area contributed by atoms with Crippen molar-refractivity contribution in [2.24, 2.45) is 0 Å². The molecule has 7 heteroatoms. The third-order valence-corrected chi connectivity index (χ3v) is 6.11. The van der Waals surface area contributed by atoms with Gasteiger partial charge in [0.1, 0.15) is 17.7 Å². The van der Waals surface area contributed by atoms with Crippen molar-refractivity contribution < 1.29 is 9.18 Å². The number of pyridine rings is 1. The second-order valence-corrected chi connectivity index (χ2v) is 8.98. The van der Waals surface area contributed by atoms with E-state index in [1.165, 1.54) is 6.07 Å². The maximum absolute atomic E-state index is 14.2. The van der Waals surface area contributed by atoms with Crippen LogP contribution in [-0.4, -0.2) is 57.8 Å². The monoisotopic (exact) mass is 423 g/mol. The van der Waals surface area contributed by atoms with Crippen LogP contribution in [0, 0.1) is 12.7 Å². The van der Waals surface area contributed by atoms with Crippen molar-refractivity contribution in [3.63, 3.8) is 0 Å². The van der Waals surface area contributed by atoms with Gasteiger partial charge in [-0.3, -0.25) is 9.69 Å². The summed E-state index contributed by atoms with van der Waals surface area (Å²) in [5.41, 5.74) is 2.10. The number of benzene rings is 1. The van der Waals surface area contributed by atoms with Gasteiger partial charge in [0.05, 0.1) is 17.3 Å². The van der Waals surface area contributed by atoms with E-state index in [1.807, 2.05) is 62.8 Å². The van der Waals surface area contributed by atoms with Gasteiger partial charge in [0, 0.05) is 37.9 Å². The second-order valence-electron chi connectivity index (χ2n) is 8.98. The zero-order chi connectivity index (χ0) is 22.2. The van der Waals surface area contributed by atoms with Crippen molar-refractivity contribution in [2.45, 2.75) is 38.9 Å². The minimum atomic E-state index is -0.670. The SMILES string of the molecule is Cc1cccn2c(C(C)(C)NC(=O)[C@@H]3CN(C)CCN3Cc3ccccc3F)ncc12. The number of nitrogens with zero attached hydrogens (tertiary/aromatic N) is 4. The molecule has 3 heterocycles. The number of carbonyl (C=O) groups is 1. The molecule has 1 saturated heterocycles. The number of aryl methyl sites for hydroxylation is 1. The number of nitrogens with one attached hydrogen (secondary N) is 1. The molecule has 0 saturated carbocycles. The van der Waals surface area contributed by atoms with Gasteiger partial charge in [-0.1, -0.05) is 24.3 Å². The Hall–Kier alpha value is -2.77. The maximum Gasteiger partial charge on any atom is 0.239 e. The second kappa shape index (κ2) is 8.40. The molecule has 0 unspecified atom stereocenters. The Morgan fingerprint density at radius 2 is 2.00 bits per heavy atom. The number of amides is 1. The molecule has 0 aliphatic carbocycles. The molecule has 1 fully saturated rings. The standard InChI is InChI=1S/C24H30FN5O/c1-17-8-7-11-30-20(17)14-26-23(30)24(2,3)27-22(31)21-16-28(4)12-13-29(21)15-18-9-5-6-10-19(18)25/h5-11,14,21H,12-13,15-16H2,1-4H3,(H,27,31)/t21-/m0/s1. The van der Waals surface area contributed by atoms with Gasteiger partial charge in [-0.05, 0) is 45.5 Å². The molecule has 1 aliphatic heterocycles. The number of halogens is 1. The van der Waals surface area contributed by atoms with Gasteiger partial charge in [0.2, 0.25) is 5.91 Å². The molecule has 6 nitrogen and oxygen atoms in total. The number of aromatic nitrogens is 2. The molecule has 31 heavy (non-hydrogen) atoms. The number of piperazine rings is 1. The summed E-state index contributed by atoms with van der Waals surface area (Å²) < 4.78 is 16.3. The van der Waals surface area contributed by atoms with Gasteiger partial charge in [-0.25, -0.2) is 9.37 Å². The smallest absolute Gasteiger partial charge is 0.239 e. The highest BCUT2D eigenvalue weighted by molar-refractivity contribution is 5.83. The highest BCUT2D eigenvalue weighted by Gasteiger charge is 2.36. The number of likely N-dealkylation sites (N-methyl/N-ethyl adjacent to an activating group) is 1. The maximum atomic E-state index is 14.2. The molecular formula is C24H30FN5O. The Bertz CT molecular complexity index is 1090. The molecule has 0 bridgehead atoms. The van der Waals surface area contributed by atoms with Crippen LogP contribution in [0.25, 0.3) is 5.52 Å². The van der Waals surface area contributed by atoms with Gasteiger partial charge < -0.3 is 14.6 Å². The zero-order valence-corrected chi connectivity index (χ0v) is 18.6. The Balaban J connectivity index is 1.56. The predicted molar refractivity (Wildman–Crippen MR) is 119 cm³/mol. The lowest BCUT2D eigenvalue weighted by Gasteiger charge is -2.40. The van der Waals surface area contributed by atoms with Crippen LogP contribution in [0.1, 0.15) is 30.8 Å². The number of imidazole rings is 1. The molecule has 3 aromatic rings. The number of hydrogen-bond donors (Lipinski definition) is 1. The van der Waals surface area contributed by atoms with Crippen LogP contribution in [-0.2, 0) is 16.9 Å². The molecule has 2 aromatic heterocycles. The van der Waals surface area contributed by atoms with E-state index >= 15 is 0 Å². The number of rotatable bonds is 5. The molecule has 1 atom stereocenters. The van der Waals surface area contributed by atoms with Gasteiger partial charge in [-0.15, -0.1) is 0 Å². The van der Waals surface area contributed by atoms with Crippen LogP contribution >= 0.6 is 0 Å². The summed E-state index contributed by atoms with van der Waals surface area (Å²) >= 11 is 0. The fourth-order valence-electron chi connectivity index (χ4n) is 4.31. The van der Waals surface area contributed by atoms with Crippen LogP contribution < -0.4 is 5.32 Å². The number of fused-ring (bicyclic) bond motifs is 1. The molecule has 1 N–H and O–H groups in total. The Kier molecular flexibility index (Phi) is 5.81. The van der Waals surface area contributed by atoms with Gasteiger partial charge in [0.15, 0.2) is 0 Å². The van der Waals surface area contributed by atoms with E-state index in [0.717, 1.165) is 23.4 Å². The van der Waals surface area contributed by atoms with E-state index in [-0.39, 0.29) is 17.8 Å². The fraction of sp³-hybridized carbons (Fsp3) is 0.417. The molecule has 0 spiro atoms. The Morgan fingerprint density at radius 1 is 1.23 bits per heavy atom. The first-order chi connectivity index (χ1) is 14.8. The van der Waals surface area contributed by atoms with E-state index in [0.29, 0.717) is 25.2 Å². The minimum Gasteiger partial charge on any atom is -0.343 e. The molecule has 4 rings (SSSR count). The lowest BCUT2D eigenvalue weighted by Crippen LogP contribution is -2.60. The van der Waals surface area contributed by atoms with Crippen molar-refractivity contribution in [2.75, 3.05) is 26.7 Å². The first-order valence-electron chi connectivity index (χ1n) is 10.7. The summed E-state index contributed by atoms with van der Waals surface area (Å²) in [6.45, 7) is 8.53. The first kappa shape index (κ1) is 21.5. The molecule has 1 aliphatic rings. The quantitative estimate of drug-likeness (QED) is 0.686. The van der Waals surface area contributed by atoms with E-state index in [1.54, 1.807) is 12.1 Å². The summed E-state index contributed by atoms with van der Waals surface area (Å²) in [6.07, 6.45) is 3.81. The number of carbonyl (C=O) groups excluding carboxylic acids is 1. The summed E-state index contributed by atoms with van der Waals surface area (Å²) in [4.78, 5) is 22.3. The summed E-state index contributed by atoms with van der Waals surface area (Å²) in [5, 5.41) is 3.21. The van der Waals surface area contributed by atoms with Crippen LogP contribution in [0.3, 0.4) is 0 Å². The van der Waals surface area contributed by atoms with E-state index in [4.69, 9.17) is 0 Å². The van der Waals surface area contributed by atoms with Crippen LogP contribution in [0.15, 0.2) is 48.8 Å². The molecule has 164 valence electrons. The van der Waals surface area contributed by atoms with Gasteiger partial charge in [0.25, 0.3) is 0 Å². The molecular weight excluding hydrogens is 393 g/mol. The molecule has 1 aromatic carbocycles. The zero-order valence-electron chi connectivity index (χ0n) is 18.6. The Morgan fingerprint density at radius 3 is 2.77 bits per heavy atom. The van der Waals surface area contributed by atoms with Crippen LogP contribution in [0.4, 0.5) is 4.39 Å². The summed E-state index contributed by atoms with van der Waals surface area (Å²) in [7, 11) is 2.01. The van der Waals surface area contributed by atoms with Crippen molar-refractivity contribution in [3.8, 4) is 0 Å². The minimum absolute atomic E-state index is 0.0720. The van der Waals surface area contributed by atoms with Crippen molar-refractivity contribution >= 4 is 11.4 Å². The lowest BCUT2D eigenvalue weighted by molar-refractivity contribution is -0.130. The highest BCUT2D eigenvalue weighted by atomic mass is 19.1. The number of hydrogen-bond acceptors (Lipinski definition) is 4. The third-order valence-electron chi connectivity index (χ3n) is 6.11. The molecule has 1 amide bonds. The normalized spacial score (nSPS) is 18.4. The van der Waals surface area contributed by atoms with Gasteiger partial charge >= 0.3 is 0 Å². The fourth-order valence-corrected chi connectivity index (χ4v) is 4.31. The third kappa shape index (κ3) is 4.34. The van der Waals surface area contributed by atoms with Crippen LogP contribution in [0.2, 0.25) is 0 Å². The first-order valence-corrected chi connectivity index (χ1v) is 10.7. The predicted octanol–water partition coefficient (Wildman–Crippen LogP) is 2.95. The summed E-state index contributed by atoms with van der Waals surface area (Å²) in [6, 6.07) is 10.4. The Labute approximate surface area is 182 Å². The van der Waals surface area contributed by atoms with Crippen LogP contribution in [0.5, 0.6) is 0 Å². The van der Waals surface area contributed by atoms with Crippen molar-refractivity contribution in [1.29, 1.82) is 0 Å². The highest BCUT2D eigenvalue weighted by Crippen LogP contribution is 2.23. The topological polar surface area (TPSA) is 52.9 Å². The van der Waals surface area contributed by atoms with E-state index < -0.39 is 5.54 Å². The molecule has 0 radical (unpaired) electrons. The summed E-state index contributed by atoms with van der Waals surface area (Å²) in [5.74, 6) is 0.474. The average Bonchev–Trinajstić information content (AvgIpc) is 3.17.